The fraction of sp³-hybridized carbons (Fsp3) is 0.273. The van der Waals surface area contributed by atoms with Crippen molar-refractivity contribution in [2.45, 2.75) is 11.8 Å². The lowest BCUT2D eigenvalue weighted by Crippen LogP contribution is -1.93. The van der Waals surface area contributed by atoms with Crippen LogP contribution in [0.5, 0.6) is 5.75 Å². The number of ether oxygens (including phenoxy) is 1. The third-order valence-corrected chi connectivity index (χ3v) is 2.50. The molecule has 0 aromatic heterocycles. The minimum Gasteiger partial charge on any atom is -0.493 e. The third-order valence-electron chi connectivity index (χ3n) is 1.72. The van der Waals surface area contributed by atoms with Crippen LogP contribution >= 0.6 is 11.8 Å². The summed E-state index contributed by atoms with van der Waals surface area (Å²) in [5.74, 6) is 0.951. The van der Waals surface area contributed by atoms with Crippen LogP contribution in [-0.4, -0.2) is 12.9 Å². The van der Waals surface area contributed by atoms with Crippen molar-refractivity contribution in [1.29, 1.82) is 0 Å². The van der Waals surface area contributed by atoms with Crippen LogP contribution in [0.3, 0.4) is 0 Å². The molecule has 0 N–H and O–H groups in total. The molecule has 70 valence electrons. The number of thioether (sulfide) groups is 1. The monoisotopic (exact) mass is 194 g/mol. The molecule has 1 rings (SSSR count). The maximum atomic E-state index is 5.50. The molecular weight excluding hydrogens is 180 g/mol. The third kappa shape index (κ3) is 2.52. The highest BCUT2D eigenvalue weighted by atomic mass is 32.2. The number of hydrogen-bond acceptors (Lipinski definition) is 2. The Kier molecular flexibility index (Phi) is 3.90. The molecule has 1 aromatic carbocycles. The summed E-state index contributed by atoms with van der Waals surface area (Å²) in [6.45, 7) is 6.42. The SMILES string of the molecule is C=Cc1ccc(SC)c(OCC)c1. The Morgan fingerprint density at radius 1 is 1.54 bits per heavy atom. The average Bonchev–Trinajstić information content (AvgIpc) is 2.18. The van der Waals surface area contributed by atoms with Crippen LogP contribution in [0.2, 0.25) is 0 Å². The predicted molar refractivity (Wildman–Crippen MR) is 59.5 cm³/mol. The van der Waals surface area contributed by atoms with Gasteiger partial charge in [-0.2, -0.15) is 0 Å². The molecule has 0 unspecified atom stereocenters. The van der Waals surface area contributed by atoms with Crippen LogP contribution in [0, 0.1) is 0 Å². The van der Waals surface area contributed by atoms with Crippen molar-refractivity contribution in [3.63, 3.8) is 0 Å². The minimum atomic E-state index is 0.703. The molecule has 13 heavy (non-hydrogen) atoms. The van der Waals surface area contributed by atoms with Gasteiger partial charge in [-0.15, -0.1) is 11.8 Å². The van der Waals surface area contributed by atoms with E-state index in [0.29, 0.717) is 6.61 Å². The van der Waals surface area contributed by atoms with Gasteiger partial charge in [0.05, 0.1) is 6.61 Å². The maximum Gasteiger partial charge on any atom is 0.133 e. The zero-order valence-electron chi connectivity index (χ0n) is 8.04. The maximum absolute atomic E-state index is 5.50. The summed E-state index contributed by atoms with van der Waals surface area (Å²) < 4.78 is 5.50. The lowest BCUT2D eigenvalue weighted by Gasteiger charge is -2.08. The molecule has 1 aromatic rings. The Balaban J connectivity index is 3.02. The van der Waals surface area contributed by atoms with E-state index in [1.807, 2.05) is 31.4 Å². The molecule has 0 saturated carbocycles. The van der Waals surface area contributed by atoms with Gasteiger partial charge in [-0.3, -0.25) is 0 Å². The molecule has 0 amide bonds. The second kappa shape index (κ2) is 4.97. The molecule has 0 aliphatic carbocycles. The molecule has 0 heterocycles. The highest BCUT2D eigenvalue weighted by molar-refractivity contribution is 7.98. The Morgan fingerprint density at radius 2 is 2.31 bits per heavy atom. The molecule has 1 nitrogen and oxygen atoms in total. The van der Waals surface area contributed by atoms with E-state index in [-0.39, 0.29) is 0 Å². The van der Waals surface area contributed by atoms with Crippen LogP contribution < -0.4 is 4.74 Å². The molecule has 0 saturated heterocycles. The zero-order valence-corrected chi connectivity index (χ0v) is 8.86. The van der Waals surface area contributed by atoms with Crippen molar-refractivity contribution in [3.05, 3.63) is 30.3 Å². The van der Waals surface area contributed by atoms with E-state index in [1.54, 1.807) is 11.8 Å². The number of hydrogen-bond donors (Lipinski definition) is 0. The lowest BCUT2D eigenvalue weighted by molar-refractivity contribution is 0.332. The summed E-state index contributed by atoms with van der Waals surface area (Å²) in [4.78, 5) is 1.17. The van der Waals surface area contributed by atoms with Gasteiger partial charge in [-0.05, 0) is 30.9 Å². The molecule has 0 atom stereocenters. The summed E-state index contributed by atoms with van der Waals surface area (Å²) >= 11 is 1.70. The minimum absolute atomic E-state index is 0.703. The predicted octanol–water partition coefficient (Wildman–Crippen LogP) is 3.45. The molecule has 0 fully saturated rings. The number of rotatable bonds is 4. The average molecular weight is 194 g/mol. The van der Waals surface area contributed by atoms with E-state index in [2.05, 4.69) is 12.6 Å². The molecule has 0 aliphatic heterocycles. The summed E-state index contributed by atoms with van der Waals surface area (Å²) in [5.41, 5.74) is 1.10. The van der Waals surface area contributed by atoms with E-state index >= 15 is 0 Å². The van der Waals surface area contributed by atoms with Crippen molar-refractivity contribution < 1.29 is 4.74 Å². The Bertz CT molecular complexity index is 294. The Morgan fingerprint density at radius 3 is 2.85 bits per heavy atom. The Hall–Kier alpha value is -0.890. The molecule has 0 aliphatic rings. The fourth-order valence-corrected chi connectivity index (χ4v) is 1.61. The van der Waals surface area contributed by atoms with Crippen molar-refractivity contribution in [1.82, 2.24) is 0 Å². The van der Waals surface area contributed by atoms with E-state index < -0.39 is 0 Å². The molecule has 0 spiro atoms. The van der Waals surface area contributed by atoms with Gasteiger partial charge in [0.1, 0.15) is 5.75 Å². The molecule has 0 radical (unpaired) electrons. The van der Waals surface area contributed by atoms with Gasteiger partial charge >= 0.3 is 0 Å². The quantitative estimate of drug-likeness (QED) is 0.679. The topological polar surface area (TPSA) is 9.23 Å². The normalized spacial score (nSPS) is 9.69. The van der Waals surface area contributed by atoms with Gasteiger partial charge < -0.3 is 4.74 Å². The zero-order chi connectivity index (χ0) is 9.68. The molecule has 0 bridgehead atoms. The van der Waals surface area contributed by atoms with Gasteiger partial charge in [-0.1, -0.05) is 18.7 Å². The van der Waals surface area contributed by atoms with Crippen molar-refractivity contribution in [3.8, 4) is 5.75 Å². The van der Waals surface area contributed by atoms with E-state index in [9.17, 15) is 0 Å². The van der Waals surface area contributed by atoms with Crippen molar-refractivity contribution in [2.24, 2.45) is 0 Å². The van der Waals surface area contributed by atoms with Gasteiger partial charge in [0.15, 0.2) is 0 Å². The van der Waals surface area contributed by atoms with Crippen LogP contribution in [0.15, 0.2) is 29.7 Å². The fourth-order valence-electron chi connectivity index (χ4n) is 1.09. The summed E-state index contributed by atoms with van der Waals surface area (Å²) in [6.07, 6.45) is 3.87. The molecule has 2 heteroatoms. The molecular formula is C11H14OS. The van der Waals surface area contributed by atoms with Crippen LogP contribution in [0.1, 0.15) is 12.5 Å². The van der Waals surface area contributed by atoms with Gasteiger partial charge in [0.2, 0.25) is 0 Å². The lowest BCUT2D eigenvalue weighted by atomic mass is 10.2. The van der Waals surface area contributed by atoms with Crippen molar-refractivity contribution >= 4 is 17.8 Å². The largest absolute Gasteiger partial charge is 0.493 e. The van der Waals surface area contributed by atoms with E-state index in [0.717, 1.165) is 11.3 Å². The van der Waals surface area contributed by atoms with Gasteiger partial charge in [-0.25, -0.2) is 0 Å². The van der Waals surface area contributed by atoms with E-state index in [4.69, 9.17) is 4.74 Å². The first-order chi connectivity index (χ1) is 6.31. The van der Waals surface area contributed by atoms with Crippen molar-refractivity contribution in [2.75, 3.05) is 12.9 Å². The second-order valence-electron chi connectivity index (χ2n) is 2.55. The first-order valence-corrected chi connectivity index (χ1v) is 5.47. The highest BCUT2D eigenvalue weighted by Crippen LogP contribution is 2.28. The van der Waals surface area contributed by atoms with Crippen LogP contribution in [0.4, 0.5) is 0 Å². The van der Waals surface area contributed by atoms with Crippen LogP contribution in [0.25, 0.3) is 6.08 Å². The Labute approximate surface area is 83.8 Å². The summed E-state index contributed by atoms with van der Waals surface area (Å²) in [5, 5.41) is 0. The van der Waals surface area contributed by atoms with E-state index in [1.165, 1.54) is 4.90 Å². The first kappa shape index (κ1) is 10.2. The number of benzene rings is 1. The first-order valence-electron chi connectivity index (χ1n) is 4.25. The smallest absolute Gasteiger partial charge is 0.133 e. The second-order valence-corrected chi connectivity index (χ2v) is 3.40. The van der Waals surface area contributed by atoms with Gasteiger partial charge in [0.25, 0.3) is 0 Å². The van der Waals surface area contributed by atoms with Crippen LogP contribution in [-0.2, 0) is 0 Å². The summed E-state index contributed by atoms with van der Waals surface area (Å²) in [6, 6.07) is 6.12. The standard InChI is InChI=1S/C11H14OS/c1-4-9-6-7-11(13-3)10(8-9)12-5-2/h4,6-8H,1,5H2,2-3H3. The van der Waals surface area contributed by atoms with Gasteiger partial charge in [0, 0.05) is 4.90 Å². The highest BCUT2D eigenvalue weighted by Gasteiger charge is 2.01. The summed E-state index contributed by atoms with van der Waals surface area (Å²) in [7, 11) is 0.